The maximum Gasteiger partial charge on any atom is 0.257 e. The summed E-state index contributed by atoms with van der Waals surface area (Å²) < 4.78 is 45.5. The number of piperazine rings is 1. The average molecular weight is 392 g/mol. The normalized spacial score (nSPS) is 15.6. The van der Waals surface area contributed by atoms with Gasteiger partial charge in [-0.05, 0) is 37.3 Å². The number of rotatable bonds is 4. The van der Waals surface area contributed by atoms with E-state index in [1.807, 2.05) is 6.92 Å². The molecular formula is C19H21FN2O4S. The van der Waals surface area contributed by atoms with Crippen LogP contribution in [0.3, 0.4) is 0 Å². The van der Waals surface area contributed by atoms with E-state index in [1.54, 1.807) is 24.3 Å². The number of halogens is 1. The predicted molar refractivity (Wildman–Crippen MR) is 98.8 cm³/mol. The Kier molecular flexibility index (Phi) is 5.48. The third-order valence-electron chi connectivity index (χ3n) is 4.58. The van der Waals surface area contributed by atoms with Crippen LogP contribution in [0.25, 0.3) is 0 Å². The molecule has 144 valence electrons. The minimum atomic E-state index is -3.60. The standard InChI is InChI=1S/C19H21FN2O4S/c1-14-3-6-16(7-4-14)27(24,25)22-11-9-21(10-12-22)19(23)17-13-15(20)5-8-18(17)26-2/h3-8,13H,9-12H2,1-2H3. The first kappa shape index (κ1) is 19.3. The highest BCUT2D eigenvalue weighted by Crippen LogP contribution is 2.23. The molecule has 2 aromatic rings. The van der Waals surface area contributed by atoms with Gasteiger partial charge in [-0.25, -0.2) is 12.8 Å². The highest BCUT2D eigenvalue weighted by molar-refractivity contribution is 7.89. The van der Waals surface area contributed by atoms with E-state index >= 15 is 0 Å². The van der Waals surface area contributed by atoms with Gasteiger partial charge in [0.25, 0.3) is 5.91 Å². The molecule has 0 aliphatic carbocycles. The van der Waals surface area contributed by atoms with Crippen LogP contribution in [0, 0.1) is 12.7 Å². The molecule has 0 unspecified atom stereocenters. The fourth-order valence-corrected chi connectivity index (χ4v) is 4.43. The molecule has 0 atom stereocenters. The lowest BCUT2D eigenvalue weighted by Crippen LogP contribution is -2.50. The van der Waals surface area contributed by atoms with E-state index in [2.05, 4.69) is 0 Å². The highest BCUT2D eigenvalue weighted by atomic mass is 32.2. The maximum absolute atomic E-state index is 13.5. The molecule has 27 heavy (non-hydrogen) atoms. The van der Waals surface area contributed by atoms with Crippen molar-refractivity contribution in [1.29, 1.82) is 0 Å². The Morgan fingerprint density at radius 2 is 1.67 bits per heavy atom. The molecule has 1 fully saturated rings. The number of benzene rings is 2. The van der Waals surface area contributed by atoms with Crippen molar-refractivity contribution in [1.82, 2.24) is 9.21 Å². The molecular weight excluding hydrogens is 371 g/mol. The fraction of sp³-hybridized carbons (Fsp3) is 0.316. The van der Waals surface area contributed by atoms with Crippen molar-refractivity contribution >= 4 is 15.9 Å². The molecule has 6 nitrogen and oxygen atoms in total. The maximum atomic E-state index is 13.5. The van der Waals surface area contributed by atoms with Crippen molar-refractivity contribution < 1.29 is 22.3 Å². The number of aryl methyl sites for hydroxylation is 1. The summed E-state index contributed by atoms with van der Waals surface area (Å²) in [6.07, 6.45) is 0. The number of methoxy groups -OCH3 is 1. The topological polar surface area (TPSA) is 66.9 Å². The van der Waals surface area contributed by atoms with E-state index < -0.39 is 15.8 Å². The molecule has 8 heteroatoms. The lowest BCUT2D eigenvalue weighted by atomic mass is 10.1. The van der Waals surface area contributed by atoms with Gasteiger partial charge >= 0.3 is 0 Å². The number of carbonyl (C=O) groups excluding carboxylic acids is 1. The van der Waals surface area contributed by atoms with Crippen LogP contribution in [0.1, 0.15) is 15.9 Å². The van der Waals surface area contributed by atoms with E-state index in [-0.39, 0.29) is 48.3 Å². The summed E-state index contributed by atoms with van der Waals surface area (Å²) in [6.45, 7) is 2.70. The smallest absolute Gasteiger partial charge is 0.257 e. The Hall–Kier alpha value is -2.45. The van der Waals surface area contributed by atoms with E-state index in [4.69, 9.17) is 4.74 Å². The summed E-state index contributed by atoms with van der Waals surface area (Å²) in [5, 5.41) is 0. The van der Waals surface area contributed by atoms with Crippen molar-refractivity contribution in [2.75, 3.05) is 33.3 Å². The predicted octanol–water partition coefficient (Wildman–Crippen LogP) is 2.29. The van der Waals surface area contributed by atoms with Gasteiger partial charge in [0.1, 0.15) is 11.6 Å². The summed E-state index contributed by atoms with van der Waals surface area (Å²) in [7, 11) is -2.19. The zero-order chi connectivity index (χ0) is 19.6. The number of amides is 1. The second kappa shape index (κ2) is 7.66. The molecule has 0 aromatic heterocycles. The van der Waals surface area contributed by atoms with Crippen molar-refractivity contribution in [3.8, 4) is 5.75 Å². The first-order valence-electron chi connectivity index (χ1n) is 8.52. The third-order valence-corrected chi connectivity index (χ3v) is 6.49. The average Bonchev–Trinajstić information content (AvgIpc) is 2.68. The Morgan fingerprint density at radius 1 is 1.04 bits per heavy atom. The van der Waals surface area contributed by atoms with Gasteiger partial charge in [-0.15, -0.1) is 0 Å². The quantitative estimate of drug-likeness (QED) is 0.801. The van der Waals surface area contributed by atoms with Gasteiger partial charge in [0, 0.05) is 26.2 Å². The summed E-state index contributed by atoms with van der Waals surface area (Å²) in [5.74, 6) is -0.616. The van der Waals surface area contributed by atoms with Gasteiger partial charge in [-0.1, -0.05) is 17.7 Å². The van der Waals surface area contributed by atoms with Crippen molar-refractivity contribution in [2.45, 2.75) is 11.8 Å². The van der Waals surface area contributed by atoms with E-state index in [1.165, 1.54) is 28.4 Å². The second-order valence-corrected chi connectivity index (χ2v) is 8.29. The van der Waals surface area contributed by atoms with Crippen molar-refractivity contribution in [3.63, 3.8) is 0 Å². The molecule has 1 amide bonds. The summed E-state index contributed by atoms with van der Waals surface area (Å²) >= 11 is 0. The molecule has 0 N–H and O–H groups in total. The molecule has 2 aromatic carbocycles. The number of ether oxygens (including phenoxy) is 1. The minimum Gasteiger partial charge on any atom is -0.496 e. The van der Waals surface area contributed by atoms with Gasteiger partial charge in [0.15, 0.2) is 0 Å². The van der Waals surface area contributed by atoms with Crippen LogP contribution in [0.15, 0.2) is 47.4 Å². The Labute approximate surface area is 158 Å². The number of sulfonamides is 1. The van der Waals surface area contributed by atoms with Crippen LogP contribution in [0.4, 0.5) is 4.39 Å². The molecule has 1 aliphatic rings. The summed E-state index contributed by atoms with van der Waals surface area (Å²) in [4.78, 5) is 14.5. The van der Waals surface area contributed by atoms with Crippen LogP contribution in [-0.4, -0.2) is 56.8 Å². The van der Waals surface area contributed by atoms with Crippen LogP contribution in [0.2, 0.25) is 0 Å². The number of carbonyl (C=O) groups is 1. The first-order chi connectivity index (χ1) is 12.8. The lowest BCUT2D eigenvalue weighted by Gasteiger charge is -2.34. The molecule has 0 radical (unpaired) electrons. The Balaban J connectivity index is 1.73. The molecule has 1 aliphatic heterocycles. The third kappa shape index (κ3) is 3.96. The number of hydrogen-bond acceptors (Lipinski definition) is 4. The lowest BCUT2D eigenvalue weighted by molar-refractivity contribution is 0.0694. The highest BCUT2D eigenvalue weighted by Gasteiger charge is 2.31. The second-order valence-electron chi connectivity index (χ2n) is 6.35. The molecule has 3 rings (SSSR count). The van der Waals surface area contributed by atoms with E-state index in [9.17, 15) is 17.6 Å². The van der Waals surface area contributed by atoms with Gasteiger partial charge in [0.2, 0.25) is 10.0 Å². The number of hydrogen-bond donors (Lipinski definition) is 0. The molecule has 0 bridgehead atoms. The molecule has 1 heterocycles. The van der Waals surface area contributed by atoms with Gasteiger partial charge in [-0.3, -0.25) is 4.79 Å². The largest absolute Gasteiger partial charge is 0.496 e. The van der Waals surface area contributed by atoms with Gasteiger partial charge < -0.3 is 9.64 Å². The van der Waals surface area contributed by atoms with Crippen molar-refractivity contribution in [2.24, 2.45) is 0 Å². The van der Waals surface area contributed by atoms with Crippen molar-refractivity contribution in [3.05, 3.63) is 59.4 Å². The van der Waals surface area contributed by atoms with Crippen LogP contribution in [-0.2, 0) is 10.0 Å². The summed E-state index contributed by atoms with van der Waals surface area (Å²) in [5.41, 5.74) is 1.11. The first-order valence-corrected chi connectivity index (χ1v) is 9.96. The Morgan fingerprint density at radius 3 is 2.26 bits per heavy atom. The summed E-state index contributed by atoms with van der Waals surface area (Å²) in [6, 6.07) is 10.4. The minimum absolute atomic E-state index is 0.132. The van der Waals surface area contributed by atoms with Crippen LogP contribution < -0.4 is 4.74 Å². The van der Waals surface area contributed by atoms with Crippen LogP contribution >= 0.6 is 0 Å². The zero-order valence-electron chi connectivity index (χ0n) is 15.2. The van der Waals surface area contributed by atoms with E-state index in [0.29, 0.717) is 0 Å². The fourth-order valence-electron chi connectivity index (χ4n) is 3.01. The van der Waals surface area contributed by atoms with Crippen LogP contribution in [0.5, 0.6) is 5.75 Å². The molecule has 0 saturated carbocycles. The number of nitrogens with zero attached hydrogens (tertiary/aromatic N) is 2. The SMILES string of the molecule is COc1ccc(F)cc1C(=O)N1CCN(S(=O)(=O)c2ccc(C)cc2)CC1. The zero-order valence-corrected chi connectivity index (χ0v) is 16.0. The molecule has 0 spiro atoms. The van der Waals surface area contributed by atoms with E-state index in [0.717, 1.165) is 11.6 Å². The van der Waals surface area contributed by atoms with Gasteiger partial charge in [-0.2, -0.15) is 4.31 Å². The molecule has 1 saturated heterocycles. The van der Waals surface area contributed by atoms with Gasteiger partial charge in [0.05, 0.1) is 17.6 Å². The monoisotopic (exact) mass is 392 g/mol. The Bertz CT molecular complexity index is 937.